The number of carbonyl (C=O) groups is 2. The summed E-state index contributed by atoms with van der Waals surface area (Å²) in [5.74, 6) is -1.81. The molecule has 0 spiro atoms. The van der Waals surface area contributed by atoms with Gasteiger partial charge < -0.3 is 15.0 Å². The Morgan fingerprint density at radius 2 is 1.72 bits per heavy atom. The van der Waals surface area contributed by atoms with Crippen LogP contribution in [0.25, 0.3) is 0 Å². The van der Waals surface area contributed by atoms with Crippen molar-refractivity contribution in [2.24, 2.45) is 0 Å². The maximum atomic E-state index is 13.5. The Morgan fingerprint density at radius 3 is 2.41 bits per heavy atom. The van der Waals surface area contributed by atoms with Crippen LogP contribution in [0.15, 0.2) is 42.5 Å². The molecule has 2 fully saturated rings. The van der Waals surface area contributed by atoms with Gasteiger partial charge in [-0.25, -0.2) is 8.78 Å². The molecule has 152 valence electrons. The van der Waals surface area contributed by atoms with Crippen LogP contribution in [0, 0.1) is 11.6 Å². The molecule has 4 rings (SSSR count). The number of hydrogen-bond donors (Lipinski definition) is 1. The zero-order chi connectivity index (χ0) is 20.4. The van der Waals surface area contributed by atoms with E-state index < -0.39 is 11.6 Å². The average Bonchev–Trinajstić information content (AvgIpc) is 3.41. The summed E-state index contributed by atoms with van der Waals surface area (Å²) in [5.41, 5.74) is 0.710. The van der Waals surface area contributed by atoms with E-state index in [0.717, 1.165) is 37.8 Å². The van der Waals surface area contributed by atoms with Crippen molar-refractivity contribution in [2.75, 3.05) is 13.2 Å². The fraction of sp³-hybridized carbons (Fsp3) is 0.364. The molecular formula is C22H22F2N2O3. The summed E-state index contributed by atoms with van der Waals surface area (Å²) < 4.78 is 32.4. The van der Waals surface area contributed by atoms with E-state index in [4.69, 9.17) is 4.74 Å². The van der Waals surface area contributed by atoms with Gasteiger partial charge in [-0.2, -0.15) is 0 Å². The van der Waals surface area contributed by atoms with Gasteiger partial charge in [0.1, 0.15) is 12.4 Å². The van der Waals surface area contributed by atoms with Crippen molar-refractivity contribution in [3.05, 3.63) is 65.2 Å². The fourth-order valence-electron chi connectivity index (χ4n) is 3.46. The molecule has 1 aliphatic carbocycles. The fourth-order valence-corrected chi connectivity index (χ4v) is 3.46. The van der Waals surface area contributed by atoms with Crippen LogP contribution in [0.5, 0.6) is 5.75 Å². The molecule has 1 atom stereocenters. The number of hydrogen-bond acceptors (Lipinski definition) is 3. The van der Waals surface area contributed by atoms with E-state index in [1.54, 1.807) is 29.2 Å². The second-order valence-corrected chi connectivity index (χ2v) is 7.51. The molecular weight excluding hydrogens is 378 g/mol. The zero-order valence-corrected chi connectivity index (χ0v) is 15.9. The Hall–Kier alpha value is -2.96. The van der Waals surface area contributed by atoms with Crippen molar-refractivity contribution in [2.45, 2.75) is 37.8 Å². The molecule has 2 aromatic rings. The summed E-state index contributed by atoms with van der Waals surface area (Å²) >= 11 is 0. The van der Waals surface area contributed by atoms with Crippen LogP contribution >= 0.6 is 0 Å². The highest BCUT2D eigenvalue weighted by Gasteiger charge is 2.30. The highest BCUT2D eigenvalue weighted by atomic mass is 19.2. The molecule has 2 aromatic carbocycles. The van der Waals surface area contributed by atoms with Gasteiger partial charge in [-0.05, 0) is 68.1 Å². The Morgan fingerprint density at radius 1 is 1.00 bits per heavy atom. The molecule has 1 saturated carbocycles. The standard InChI is InChI=1S/C22H22F2N2O3/c23-19-10-5-15(12-20(19)24)22(28)26-11-1-2-17(26)13-29-18-8-3-14(4-9-18)21(27)25-16-6-7-16/h3-5,8-10,12,16-17H,1-2,6-7,11,13H2,(H,25,27). The van der Waals surface area contributed by atoms with Crippen molar-refractivity contribution < 1.29 is 23.1 Å². The number of rotatable bonds is 6. The summed E-state index contributed by atoms with van der Waals surface area (Å²) in [7, 11) is 0. The van der Waals surface area contributed by atoms with Crippen molar-refractivity contribution in [3.63, 3.8) is 0 Å². The van der Waals surface area contributed by atoms with Crippen LogP contribution in [-0.2, 0) is 0 Å². The highest BCUT2D eigenvalue weighted by molar-refractivity contribution is 5.95. The summed E-state index contributed by atoms with van der Waals surface area (Å²) in [6.07, 6.45) is 3.67. The number of likely N-dealkylation sites (tertiary alicyclic amines) is 1. The first kappa shape index (κ1) is 19.4. The van der Waals surface area contributed by atoms with Gasteiger partial charge in [0.2, 0.25) is 0 Å². The third-order valence-corrected chi connectivity index (χ3v) is 5.28. The topological polar surface area (TPSA) is 58.6 Å². The van der Waals surface area contributed by atoms with Crippen LogP contribution in [0.2, 0.25) is 0 Å². The molecule has 0 aromatic heterocycles. The molecule has 1 unspecified atom stereocenters. The SMILES string of the molecule is O=C(NC1CC1)c1ccc(OCC2CCCN2C(=O)c2ccc(F)c(F)c2)cc1. The molecule has 2 aliphatic rings. The van der Waals surface area contributed by atoms with Crippen LogP contribution in [0.1, 0.15) is 46.4 Å². The highest BCUT2D eigenvalue weighted by Crippen LogP contribution is 2.23. The average molecular weight is 400 g/mol. The van der Waals surface area contributed by atoms with E-state index in [0.29, 0.717) is 30.5 Å². The number of nitrogens with zero attached hydrogens (tertiary/aromatic N) is 1. The maximum absolute atomic E-state index is 13.5. The van der Waals surface area contributed by atoms with Crippen molar-refractivity contribution >= 4 is 11.8 Å². The number of benzene rings is 2. The van der Waals surface area contributed by atoms with Crippen LogP contribution in [0.3, 0.4) is 0 Å². The Bertz CT molecular complexity index is 913. The third kappa shape index (κ3) is 4.55. The minimum Gasteiger partial charge on any atom is -0.491 e. The summed E-state index contributed by atoms with van der Waals surface area (Å²) in [6, 6.07) is 10.2. The van der Waals surface area contributed by atoms with E-state index in [-0.39, 0.29) is 23.4 Å². The predicted molar refractivity (Wildman–Crippen MR) is 103 cm³/mol. The van der Waals surface area contributed by atoms with Gasteiger partial charge in [0, 0.05) is 23.7 Å². The molecule has 0 radical (unpaired) electrons. The zero-order valence-electron chi connectivity index (χ0n) is 15.9. The van der Waals surface area contributed by atoms with Gasteiger partial charge in [-0.1, -0.05) is 0 Å². The molecule has 2 amide bonds. The smallest absolute Gasteiger partial charge is 0.254 e. The first-order chi connectivity index (χ1) is 14.0. The molecule has 1 aliphatic heterocycles. The van der Waals surface area contributed by atoms with Gasteiger partial charge >= 0.3 is 0 Å². The number of carbonyl (C=O) groups excluding carboxylic acids is 2. The second kappa shape index (κ2) is 8.19. The monoisotopic (exact) mass is 400 g/mol. The van der Waals surface area contributed by atoms with E-state index in [9.17, 15) is 18.4 Å². The lowest BCUT2D eigenvalue weighted by molar-refractivity contribution is 0.0690. The molecule has 1 heterocycles. The number of ether oxygens (including phenoxy) is 1. The van der Waals surface area contributed by atoms with Crippen molar-refractivity contribution in [1.29, 1.82) is 0 Å². The van der Waals surface area contributed by atoms with Crippen LogP contribution in [0.4, 0.5) is 8.78 Å². The third-order valence-electron chi connectivity index (χ3n) is 5.28. The van der Waals surface area contributed by atoms with Crippen molar-refractivity contribution in [1.82, 2.24) is 10.2 Å². The van der Waals surface area contributed by atoms with E-state index in [1.165, 1.54) is 6.07 Å². The number of halogens is 2. The van der Waals surface area contributed by atoms with Gasteiger partial charge in [0.05, 0.1) is 6.04 Å². The summed E-state index contributed by atoms with van der Waals surface area (Å²) in [6.45, 7) is 0.842. The van der Waals surface area contributed by atoms with Crippen LogP contribution in [-0.4, -0.2) is 41.9 Å². The summed E-state index contributed by atoms with van der Waals surface area (Å²) in [4.78, 5) is 26.3. The predicted octanol–water partition coefficient (Wildman–Crippen LogP) is 3.54. The maximum Gasteiger partial charge on any atom is 0.254 e. The minimum atomic E-state index is -1.03. The van der Waals surface area contributed by atoms with Crippen LogP contribution < -0.4 is 10.1 Å². The van der Waals surface area contributed by atoms with Crippen molar-refractivity contribution in [3.8, 4) is 5.75 Å². The minimum absolute atomic E-state index is 0.0851. The van der Waals surface area contributed by atoms with E-state index in [2.05, 4.69) is 5.32 Å². The lowest BCUT2D eigenvalue weighted by Crippen LogP contribution is -2.39. The van der Waals surface area contributed by atoms with Gasteiger partial charge in [-0.3, -0.25) is 9.59 Å². The van der Waals surface area contributed by atoms with E-state index in [1.807, 2.05) is 0 Å². The van der Waals surface area contributed by atoms with E-state index >= 15 is 0 Å². The Labute approximate surface area is 167 Å². The molecule has 0 bridgehead atoms. The first-order valence-electron chi connectivity index (χ1n) is 9.81. The number of amides is 2. The first-order valence-corrected chi connectivity index (χ1v) is 9.81. The largest absolute Gasteiger partial charge is 0.491 e. The second-order valence-electron chi connectivity index (χ2n) is 7.51. The lowest BCUT2D eigenvalue weighted by atomic mass is 10.1. The van der Waals surface area contributed by atoms with Gasteiger partial charge in [-0.15, -0.1) is 0 Å². The Kier molecular flexibility index (Phi) is 5.47. The lowest BCUT2D eigenvalue weighted by Gasteiger charge is -2.25. The molecule has 7 heteroatoms. The molecule has 29 heavy (non-hydrogen) atoms. The summed E-state index contributed by atoms with van der Waals surface area (Å²) in [5, 5.41) is 2.93. The normalized spacial score (nSPS) is 18.6. The molecule has 1 saturated heterocycles. The Balaban J connectivity index is 1.35. The molecule has 5 nitrogen and oxygen atoms in total. The number of nitrogens with one attached hydrogen (secondary N) is 1. The quantitative estimate of drug-likeness (QED) is 0.807. The van der Waals surface area contributed by atoms with Gasteiger partial charge in [0.15, 0.2) is 11.6 Å². The van der Waals surface area contributed by atoms with Gasteiger partial charge in [0.25, 0.3) is 11.8 Å². The molecule has 1 N–H and O–H groups in total.